The molecule has 1 atom stereocenters. The Balaban J connectivity index is 1.64. The smallest absolute Gasteiger partial charge is 0.244 e. The first kappa shape index (κ1) is 15.5. The molecule has 23 heavy (non-hydrogen) atoms. The molecule has 0 spiro atoms. The van der Waals surface area contributed by atoms with Crippen LogP contribution in [0.2, 0.25) is 0 Å². The topological polar surface area (TPSA) is 29.1 Å². The van der Waals surface area contributed by atoms with E-state index in [0.717, 1.165) is 31.2 Å². The molecule has 0 bridgehead atoms. The van der Waals surface area contributed by atoms with Gasteiger partial charge in [0.2, 0.25) is 5.91 Å². The van der Waals surface area contributed by atoms with Crippen LogP contribution in [0.1, 0.15) is 48.1 Å². The molecule has 0 radical (unpaired) electrons. The highest BCUT2D eigenvalue weighted by Crippen LogP contribution is 2.29. The van der Waals surface area contributed by atoms with Gasteiger partial charge in [-0.3, -0.25) is 4.79 Å². The molecular formula is C21H23NO. The minimum atomic E-state index is -0.0220. The second-order valence-electron chi connectivity index (χ2n) is 6.08. The third-order valence-electron chi connectivity index (χ3n) is 4.50. The number of carbonyl (C=O) groups excluding carboxylic acids is 1. The molecule has 118 valence electrons. The molecule has 2 heteroatoms. The predicted molar refractivity (Wildman–Crippen MR) is 95.1 cm³/mol. The van der Waals surface area contributed by atoms with Crippen molar-refractivity contribution >= 4 is 12.0 Å². The number of nitrogens with one attached hydrogen (secondary N) is 1. The fraction of sp³-hybridized carbons (Fsp3) is 0.286. The number of fused-ring (bicyclic) bond motifs is 1. The minimum absolute atomic E-state index is 0.0220. The average molecular weight is 305 g/mol. The van der Waals surface area contributed by atoms with Crippen LogP contribution in [0.4, 0.5) is 0 Å². The molecule has 0 fully saturated rings. The summed E-state index contributed by atoms with van der Waals surface area (Å²) in [5, 5.41) is 3.14. The van der Waals surface area contributed by atoms with Gasteiger partial charge in [0, 0.05) is 6.08 Å². The highest BCUT2D eigenvalue weighted by atomic mass is 16.1. The SMILES string of the molecule is CCc1ccc(/C=C/C(=O)N[C@@H]2CCCc3ccccc32)cc1. The van der Waals surface area contributed by atoms with Crippen molar-refractivity contribution in [2.75, 3.05) is 0 Å². The quantitative estimate of drug-likeness (QED) is 0.830. The first-order valence-corrected chi connectivity index (χ1v) is 8.41. The zero-order chi connectivity index (χ0) is 16.1. The normalized spacial score (nSPS) is 17.0. The molecule has 0 saturated heterocycles. The minimum Gasteiger partial charge on any atom is -0.346 e. The zero-order valence-electron chi connectivity index (χ0n) is 13.6. The first-order valence-electron chi connectivity index (χ1n) is 8.41. The Morgan fingerprint density at radius 3 is 2.74 bits per heavy atom. The van der Waals surface area contributed by atoms with E-state index in [9.17, 15) is 4.79 Å². The van der Waals surface area contributed by atoms with Crippen LogP contribution in [0.3, 0.4) is 0 Å². The molecule has 0 saturated carbocycles. The number of amides is 1. The maximum Gasteiger partial charge on any atom is 0.244 e. The van der Waals surface area contributed by atoms with E-state index in [1.54, 1.807) is 6.08 Å². The van der Waals surface area contributed by atoms with Gasteiger partial charge in [-0.25, -0.2) is 0 Å². The number of hydrogen-bond acceptors (Lipinski definition) is 1. The average Bonchev–Trinajstić information content (AvgIpc) is 2.61. The maximum absolute atomic E-state index is 12.2. The Morgan fingerprint density at radius 2 is 1.96 bits per heavy atom. The van der Waals surface area contributed by atoms with E-state index in [2.05, 4.69) is 60.8 Å². The number of carbonyl (C=O) groups is 1. The highest BCUT2D eigenvalue weighted by Gasteiger charge is 2.20. The van der Waals surface area contributed by atoms with Crippen LogP contribution >= 0.6 is 0 Å². The molecule has 1 aliphatic carbocycles. The van der Waals surface area contributed by atoms with Gasteiger partial charge in [0.15, 0.2) is 0 Å². The van der Waals surface area contributed by atoms with Gasteiger partial charge in [-0.05, 0) is 54.0 Å². The summed E-state index contributed by atoms with van der Waals surface area (Å²) in [6.45, 7) is 2.14. The Kier molecular flexibility index (Phi) is 4.92. The Labute approximate surface area is 138 Å². The Morgan fingerprint density at radius 1 is 1.17 bits per heavy atom. The third kappa shape index (κ3) is 3.89. The summed E-state index contributed by atoms with van der Waals surface area (Å²) in [4.78, 5) is 12.2. The number of rotatable bonds is 4. The van der Waals surface area contributed by atoms with Crippen LogP contribution < -0.4 is 5.32 Å². The van der Waals surface area contributed by atoms with Gasteiger partial charge in [0.25, 0.3) is 0 Å². The van der Waals surface area contributed by atoms with E-state index in [-0.39, 0.29) is 11.9 Å². The van der Waals surface area contributed by atoms with Crippen molar-refractivity contribution in [3.05, 3.63) is 76.9 Å². The largest absolute Gasteiger partial charge is 0.346 e. The van der Waals surface area contributed by atoms with Crippen molar-refractivity contribution in [3.63, 3.8) is 0 Å². The van der Waals surface area contributed by atoms with E-state index in [4.69, 9.17) is 0 Å². The molecule has 0 aliphatic heterocycles. The number of benzene rings is 2. The maximum atomic E-state index is 12.2. The van der Waals surface area contributed by atoms with Crippen LogP contribution in [0.5, 0.6) is 0 Å². The fourth-order valence-electron chi connectivity index (χ4n) is 3.16. The van der Waals surface area contributed by atoms with Gasteiger partial charge < -0.3 is 5.32 Å². The van der Waals surface area contributed by atoms with Crippen molar-refractivity contribution in [2.24, 2.45) is 0 Å². The number of aryl methyl sites for hydroxylation is 2. The summed E-state index contributed by atoms with van der Waals surface area (Å²) in [5.41, 5.74) is 5.00. The van der Waals surface area contributed by atoms with Gasteiger partial charge in [-0.15, -0.1) is 0 Å². The van der Waals surface area contributed by atoms with Gasteiger partial charge in [-0.2, -0.15) is 0 Å². The molecule has 3 rings (SSSR count). The lowest BCUT2D eigenvalue weighted by Crippen LogP contribution is -2.29. The fourth-order valence-corrected chi connectivity index (χ4v) is 3.16. The van der Waals surface area contributed by atoms with E-state index in [1.807, 2.05) is 6.08 Å². The lowest BCUT2D eigenvalue weighted by molar-refractivity contribution is -0.117. The van der Waals surface area contributed by atoms with Crippen molar-refractivity contribution in [2.45, 2.75) is 38.6 Å². The van der Waals surface area contributed by atoms with Gasteiger partial charge in [0.1, 0.15) is 0 Å². The molecule has 1 aliphatic rings. The van der Waals surface area contributed by atoms with Crippen molar-refractivity contribution in [1.29, 1.82) is 0 Å². The van der Waals surface area contributed by atoms with E-state index in [0.29, 0.717) is 0 Å². The molecule has 0 heterocycles. The van der Waals surface area contributed by atoms with Gasteiger partial charge in [-0.1, -0.05) is 55.5 Å². The molecule has 2 nitrogen and oxygen atoms in total. The molecule has 0 unspecified atom stereocenters. The lowest BCUT2D eigenvalue weighted by atomic mass is 9.88. The van der Waals surface area contributed by atoms with E-state index >= 15 is 0 Å². The molecule has 2 aromatic carbocycles. The first-order chi connectivity index (χ1) is 11.3. The third-order valence-corrected chi connectivity index (χ3v) is 4.50. The Bertz CT molecular complexity index is 700. The number of hydrogen-bond donors (Lipinski definition) is 1. The molecular weight excluding hydrogens is 282 g/mol. The predicted octanol–water partition coefficient (Wildman–Crippen LogP) is 4.46. The standard InChI is InChI=1S/C21H23NO/c1-2-16-10-12-17(13-11-16)14-15-21(23)22-20-9-5-7-18-6-3-4-8-19(18)20/h3-4,6,8,10-15,20H,2,5,7,9H2,1H3,(H,22,23)/b15-14+/t20-/m1/s1. The van der Waals surface area contributed by atoms with Crippen LogP contribution in [0.25, 0.3) is 6.08 Å². The highest BCUT2D eigenvalue weighted by molar-refractivity contribution is 5.92. The summed E-state index contributed by atoms with van der Waals surface area (Å²) in [5.74, 6) is -0.0220. The summed E-state index contributed by atoms with van der Waals surface area (Å²) < 4.78 is 0. The molecule has 2 aromatic rings. The second kappa shape index (κ2) is 7.28. The summed E-state index contributed by atoms with van der Waals surface area (Å²) in [6, 6.07) is 16.9. The van der Waals surface area contributed by atoms with Gasteiger partial charge >= 0.3 is 0 Å². The van der Waals surface area contributed by atoms with Crippen molar-refractivity contribution < 1.29 is 4.79 Å². The van der Waals surface area contributed by atoms with Crippen LogP contribution in [-0.4, -0.2) is 5.91 Å². The summed E-state index contributed by atoms with van der Waals surface area (Å²) >= 11 is 0. The molecule has 1 N–H and O–H groups in total. The lowest BCUT2D eigenvalue weighted by Gasteiger charge is -2.25. The summed E-state index contributed by atoms with van der Waals surface area (Å²) in [6.07, 6.45) is 7.81. The molecule has 1 amide bonds. The molecule has 0 aromatic heterocycles. The van der Waals surface area contributed by atoms with Gasteiger partial charge in [0.05, 0.1) is 6.04 Å². The zero-order valence-corrected chi connectivity index (χ0v) is 13.6. The van der Waals surface area contributed by atoms with E-state index in [1.165, 1.54) is 16.7 Å². The van der Waals surface area contributed by atoms with Crippen LogP contribution in [0, 0.1) is 0 Å². The second-order valence-corrected chi connectivity index (χ2v) is 6.08. The van der Waals surface area contributed by atoms with Crippen LogP contribution in [-0.2, 0) is 17.6 Å². The van der Waals surface area contributed by atoms with Crippen molar-refractivity contribution in [3.8, 4) is 0 Å². The monoisotopic (exact) mass is 305 g/mol. The summed E-state index contributed by atoms with van der Waals surface area (Å²) in [7, 11) is 0. The van der Waals surface area contributed by atoms with Crippen LogP contribution in [0.15, 0.2) is 54.6 Å². The van der Waals surface area contributed by atoms with Crippen molar-refractivity contribution in [1.82, 2.24) is 5.32 Å². The van der Waals surface area contributed by atoms with E-state index < -0.39 is 0 Å². The Hall–Kier alpha value is -2.35.